The first-order valence-electron chi connectivity index (χ1n) is 34.0. The SMILES string of the molecule is CCCCCCCCCCCC/C=C/C(O)C(COC1OC(CO)C(O)C(O)C1O)NC(=O)CCCCCCCCCCCCCCCCCCCCCCCCCCCCCOC(=O)CCCCCCCCCCCCC. The van der Waals surface area contributed by atoms with Gasteiger partial charge in [0, 0.05) is 12.8 Å². The smallest absolute Gasteiger partial charge is 0.305 e. The van der Waals surface area contributed by atoms with Crippen LogP contribution < -0.4 is 5.32 Å². The highest BCUT2D eigenvalue weighted by Crippen LogP contribution is 2.23. The van der Waals surface area contributed by atoms with Crippen LogP contribution in [0.15, 0.2) is 12.2 Å². The summed E-state index contributed by atoms with van der Waals surface area (Å²) in [5, 5.41) is 54.4. The number of allylic oxidation sites excluding steroid dienone is 1. The molecule has 6 N–H and O–H groups in total. The summed E-state index contributed by atoms with van der Waals surface area (Å²) in [5.41, 5.74) is 0. The fourth-order valence-electron chi connectivity index (χ4n) is 11.0. The van der Waals surface area contributed by atoms with E-state index in [0.29, 0.717) is 19.4 Å². The number of ether oxygens (including phenoxy) is 3. The summed E-state index contributed by atoms with van der Waals surface area (Å²) in [7, 11) is 0. The number of carbonyl (C=O) groups excluding carboxylic acids is 2. The van der Waals surface area contributed by atoms with Crippen molar-refractivity contribution in [2.75, 3.05) is 19.8 Å². The molecule has 0 aromatic rings. The van der Waals surface area contributed by atoms with E-state index in [2.05, 4.69) is 19.2 Å². The minimum absolute atomic E-state index is 0.00887. The third kappa shape index (κ3) is 45.9. The molecule has 0 aromatic heterocycles. The van der Waals surface area contributed by atoms with Gasteiger partial charge in [-0.15, -0.1) is 0 Å². The molecule has 1 saturated heterocycles. The number of carbonyl (C=O) groups is 2. The second kappa shape index (κ2) is 57.2. The average Bonchev–Trinajstić information content (AvgIpc) is 3.44. The quantitative estimate of drug-likeness (QED) is 0.0195. The Morgan fingerprint density at radius 1 is 0.462 bits per heavy atom. The number of hydrogen-bond donors (Lipinski definition) is 6. The molecular formula is C67H129NO10. The van der Waals surface area contributed by atoms with Crippen LogP contribution in [0.5, 0.6) is 0 Å². The van der Waals surface area contributed by atoms with E-state index in [1.54, 1.807) is 6.08 Å². The fraction of sp³-hybridized carbons (Fsp3) is 0.940. The van der Waals surface area contributed by atoms with E-state index >= 15 is 0 Å². The standard InChI is InChI=1S/C67H129NO10/c1-3-5-7-9-11-13-15-34-37-41-45-49-53-60(70)59(58-77-67-66(75)65(74)64(73)61(57-69)78-67)68-62(71)54-50-46-42-38-35-31-29-27-25-23-21-19-17-16-18-20-22-24-26-28-30-32-36-40-44-48-52-56-76-63(72)55-51-47-43-39-33-14-12-10-8-6-4-2/h49,53,59-61,64-67,69-70,73-75H,3-48,50-52,54-58H2,1-2H3,(H,68,71)/b53-49+. The first-order valence-corrected chi connectivity index (χ1v) is 34.0. The van der Waals surface area contributed by atoms with Crippen LogP contribution >= 0.6 is 0 Å². The lowest BCUT2D eigenvalue weighted by Gasteiger charge is -2.40. The molecule has 0 spiro atoms. The second-order valence-electron chi connectivity index (χ2n) is 23.9. The molecule has 1 heterocycles. The van der Waals surface area contributed by atoms with Crippen LogP contribution in [-0.4, -0.2) is 100 Å². The first kappa shape index (κ1) is 74.4. The van der Waals surface area contributed by atoms with Crippen LogP contribution in [0, 0.1) is 0 Å². The van der Waals surface area contributed by atoms with Gasteiger partial charge in [0.25, 0.3) is 0 Å². The largest absolute Gasteiger partial charge is 0.466 e. The summed E-state index contributed by atoms with van der Waals surface area (Å²) >= 11 is 0. The highest BCUT2D eigenvalue weighted by Gasteiger charge is 2.44. The van der Waals surface area contributed by atoms with Crippen molar-refractivity contribution in [2.45, 2.75) is 384 Å². The summed E-state index contributed by atoms with van der Waals surface area (Å²) in [6, 6.07) is -0.806. The Morgan fingerprint density at radius 3 is 1.19 bits per heavy atom. The second-order valence-corrected chi connectivity index (χ2v) is 23.9. The van der Waals surface area contributed by atoms with Gasteiger partial charge in [-0.1, -0.05) is 309 Å². The lowest BCUT2D eigenvalue weighted by Crippen LogP contribution is -2.60. The van der Waals surface area contributed by atoms with Gasteiger partial charge in [-0.25, -0.2) is 0 Å². The number of nitrogens with one attached hydrogen (secondary N) is 1. The van der Waals surface area contributed by atoms with Crippen molar-refractivity contribution in [3.8, 4) is 0 Å². The number of aliphatic hydroxyl groups excluding tert-OH is 5. The van der Waals surface area contributed by atoms with Crippen molar-refractivity contribution in [2.24, 2.45) is 0 Å². The van der Waals surface area contributed by atoms with Crippen molar-refractivity contribution in [3.63, 3.8) is 0 Å². The monoisotopic (exact) mass is 1110 g/mol. The molecule has 7 unspecified atom stereocenters. The molecule has 78 heavy (non-hydrogen) atoms. The average molecular weight is 1110 g/mol. The van der Waals surface area contributed by atoms with Crippen LogP contribution in [-0.2, 0) is 23.8 Å². The minimum Gasteiger partial charge on any atom is -0.466 e. The van der Waals surface area contributed by atoms with E-state index in [1.165, 1.54) is 263 Å². The van der Waals surface area contributed by atoms with Gasteiger partial charge in [-0.3, -0.25) is 9.59 Å². The van der Waals surface area contributed by atoms with Gasteiger partial charge in [-0.2, -0.15) is 0 Å². The van der Waals surface area contributed by atoms with Crippen molar-refractivity contribution in [3.05, 3.63) is 12.2 Å². The highest BCUT2D eigenvalue weighted by molar-refractivity contribution is 5.76. The molecule has 7 atom stereocenters. The maximum absolute atomic E-state index is 13.0. The van der Waals surface area contributed by atoms with Crippen molar-refractivity contribution < 1.29 is 49.3 Å². The van der Waals surface area contributed by atoms with Crippen molar-refractivity contribution in [1.82, 2.24) is 5.32 Å². The van der Waals surface area contributed by atoms with Gasteiger partial charge >= 0.3 is 5.97 Å². The van der Waals surface area contributed by atoms with Gasteiger partial charge in [0.05, 0.1) is 32.0 Å². The predicted octanol–water partition coefficient (Wildman–Crippen LogP) is 16.7. The third-order valence-electron chi connectivity index (χ3n) is 16.4. The van der Waals surface area contributed by atoms with E-state index in [1.807, 2.05) is 6.08 Å². The lowest BCUT2D eigenvalue weighted by atomic mass is 9.99. The first-order chi connectivity index (χ1) is 38.2. The molecule has 462 valence electrons. The highest BCUT2D eigenvalue weighted by atomic mass is 16.7. The van der Waals surface area contributed by atoms with Gasteiger partial charge in [0.2, 0.25) is 5.91 Å². The normalized spacial score (nSPS) is 18.5. The third-order valence-corrected chi connectivity index (χ3v) is 16.4. The molecule has 1 fully saturated rings. The number of esters is 1. The minimum atomic E-state index is -1.57. The lowest BCUT2D eigenvalue weighted by molar-refractivity contribution is -0.302. The zero-order chi connectivity index (χ0) is 56.6. The summed E-state index contributed by atoms with van der Waals surface area (Å²) in [6.45, 7) is 4.37. The molecule has 0 saturated carbocycles. The Morgan fingerprint density at radius 2 is 0.808 bits per heavy atom. The molecule has 0 bridgehead atoms. The van der Waals surface area contributed by atoms with E-state index in [4.69, 9.17) is 14.2 Å². The number of amides is 1. The molecule has 1 aliphatic rings. The zero-order valence-corrected chi connectivity index (χ0v) is 51.2. The van der Waals surface area contributed by atoms with Crippen LogP contribution in [0.2, 0.25) is 0 Å². The van der Waals surface area contributed by atoms with E-state index in [9.17, 15) is 35.1 Å². The topological polar surface area (TPSA) is 175 Å². The molecule has 0 radical (unpaired) electrons. The Labute approximate surface area is 480 Å². The van der Waals surface area contributed by atoms with Gasteiger partial charge in [-0.05, 0) is 32.1 Å². The summed E-state index contributed by atoms with van der Waals surface area (Å²) in [6.07, 6.45) is 59.0. The van der Waals surface area contributed by atoms with E-state index in [0.717, 1.165) is 51.4 Å². The Hall–Kier alpha value is -1.60. The Balaban J connectivity index is 1.97. The number of aliphatic hydroxyl groups is 5. The molecule has 0 aliphatic carbocycles. The maximum atomic E-state index is 13.0. The number of rotatable bonds is 60. The molecule has 1 aliphatic heterocycles. The van der Waals surface area contributed by atoms with Crippen LogP contribution in [0.4, 0.5) is 0 Å². The zero-order valence-electron chi connectivity index (χ0n) is 51.2. The van der Waals surface area contributed by atoms with E-state index < -0.39 is 49.5 Å². The van der Waals surface area contributed by atoms with Crippen LogP contribution in [0.1, 0.15) is 341 Å². The summed E-state index contributed by atoms with van der Waals surface area (Å²) < 4.78 is 16.7. The molecule has 1 rings (SSSR count). The van der Waals surface area contributed by atoms with Crippen molar-refractivity contribution >= 4 is 11.9 Å². The molecule has 11 nitrogen and oxygen atoms in total. The van der Waals surface area contributed by atoms with Crippen LogP contribution in [0.25, 0.3) is 0 Å². The van der Waals surface area contributed by atoms with Gasteiger partial charge in [0.15, 0.2) is 6.29 Å². The molecular weight excluding hydrogens is 979 g/mol. The van der Waals surface area contributed by atoms with Crippen molar-refractivity contribution in [1.29, 1.82) is 0 Å². The van der Waals surface area contributed by atoms with Gasteiger partial charge in [0.1, 0.15) is 24.4 Å². The maximum Gasteiger partial charge on any atom is 0.305 e. The molecule has 11 heteroatoms. The van der Waals surface area contributed by atoms with E-state index in [-0.39, 0.29) is 18.5 Å². The predicted molar refractivity (Wildman–Crippen MR) is 325 cm³/mol. The molecule has 0 aromatic carbocycles. The van der Waals surface area contributed by atoms with Gasteiger partial charge < -0.3 is 45.1 Å². The number of hydrogen-bond acceptors (Lipinski definition) is 10. The summed E-state index contributed by atoms with van der Waals surface area (Å²) in [4.78, 5) is 25.1. The fourth-order valence-corrected chi connectivity index (χ4v) is 11.0. The molecule has 1 amide bonds. The number of unbranched alkanes of at least 4 members (excludes halogenated alkanes) is 46. The summed E-state index contributed by atoms with van der Waals surface area (Å²) in [5.74, 6) is -0.168. The Bertz CT molecular complexity index is 1300. The Kier molecular flexibility index (Phi) is 54.6. The van der Waals surface area contributed by atoms with Crippen LogP contribution in [0.3, 0.4) is 0 Å².